The van der Waals surface area contributed by atoms with Crippen molar-refractivity contribution in [2.75, 3.05) is 0 Å². The third-order valence-electron chi connectivity index (χ3n) is 3.91. The number of rotatable bonds is 4. The zero-order chi connectivity index (χ0) is 17.3. The van der Waals surface area contributed by atoms with Crippen LogP contribution in [0.15, 0.2) is 62.2 Å². The Morgan fingerprint density at radius 2 is 1.96 bits per heavy atom. The van der Waals surface area contributed by atoms with Crippen LogP contribution in [0.1, 0.15) is 30.4 Å². The van der Waals surface area contributed by atoms with Gasteiger partial charge in [0.05, 0.1) is 10.9 Å². The molecule has 122 valence electrons. The van der Waals surface area contributed by atoms with Gasteiger partial charge < -0.3 is 9.52 Å². The Bertz CT molecular complexity index is 975. The van der Waals surface area contributed by atoms with Crippen molar-refractivity contribution in [2.24, 2.45) is 0 Å². The summed E-state index contributed by atoms with van der Waals surface area (Å²) in [6.45, 7) is 1.46. The molecule has 2 aromatic carbocycles. The maximum absolute atomic E-state index is 12.5. The molecule has 24 heavy (non-hydrogen) atoms. The molecular weight excluding hydrogens is 372 g/mol. The highest BCUT2D eigenvalue weighted by molar-refractivity contribution is 9.10. The Balaban J connectivity index is 2.27. The zero-order valence-electron chi connectivity index (χ0n) is 13.0. The number of hydrogen-bond donors (Lipinski definition) is 1. The molecule has 3 aromatic rings. The molecular formula is C19H15BrO4. The third kappa shape index (κ3) is 3.12. The van der Waals surface area contributed by atoms with Crippen LogP contribution in [0.4, 0.5) is 0 Å². The van der Waals surface area contributed by atoms with E-state index in [1.54, 1.807) is 24.3 Å². The number of carbonyl (C=O) groups excluding carboxylic acids is 1. The van der Waals surface area contributed by atoms with Gasteiger partial charge in [0, 0.05) is 16.8 Å². The minimum absolute atomic E-state index is 0.0769. The molecule has 0 radical (unpaired) electrons. The number of halogens is 1. The fourth-order valence-electron chi connectivity index (χ4n) is 2.85. The Morgan fingerprint density at radius 1 is 1.21 bits per heavy atom. The molecule has 0 aliphatic heterocycles. The third-order valence-corrected chi connectivity index (χ3v) is 4.40. The minimum Gasteiger partial charge on any atom is -0.507 e. The van der Waals surface area contributed by atoms with Crippen LogP contribution in [0, 0.1) is 0 Å². The first-order valence-electron chi connectivity index (χ1n) is 7.47. The summed E-state index contributed by atoms with van der Waals surface area (Å²) >= 11 is 3.40. The summed E-state index contributed by atoms with van der Waals surface area (Å²) in [5, 5.41) is 11.1. The molecule has 0 bridgehead atoms. The van der Waals surface area contributed by atoms with Gasteiger partial charge >= 0.3 is 5.63 Å². The van der Waals surface area contributed by atoms with E-state index in [0.717, 1.165) is 10.0 Å². The van der Waals surface area contributed by atoms with Crippen molar-refractivity contribution < 1.29 is 14.3 Å². The molecule has 1 unspecified atom stereocenters. The van der Waals surface area contributed by atoms with Crippen LogP contribution in [0.3, 0.4) is 0 Å². The Morgan fingerprint density at radius 3 is 2.67 bits per heavy atom. The van der Waals surface area contributed by atoms with Gasteiger partial charge in [0.1, 0.15) is 17.1 Å². The van der Waals surface area contributed by atoms with Gasteiger partial charge in [-0.25, -0.2) is 4.79 Å². The summed E-state index contributed by atoms with van der Waals surface area (Å²) in [7, 11) is 0. The van der Waals surface area contributed by atoms with Crippen LogP contribution in [0.2, 0.25) is 0 Å². The maximum atomic E-state index is 12.5. The molecule has 4 nitrogen and oxygen atoms in total. The summed E-state index contributed by atoms with van der Waals surface area (Å²) in [6, 6.07) is 14.1. The van der Waals surface area contributed by atoms with Gasteiger partial charge in [-0.15, -0.1) is 0 Å². The van der Waals surface area contributed by atoms with Crippen molar-refractivity contribution >= 4 is 32.7 Å². The van der Waals surface area contributed by atoms with E-state index in [1.165, 1.54) is 6.92 Å². The lowest BCUT2D eigenvalue weighted by molar-refractivity contribution is -0.117. The van der Waals surface area contributed by atoms with Crippen molar-refractivity contribution in [3.8, 4) is 5.75 Å². The number of ketones is 1. The largest absolute Gasteiger partial charge is 0.507 e. The number of benzene rings is 2. The van der Waals surface area contributed by atoms with E-state index in [1.807, 2.05) is 24.3 Å². The van der Waals surface area contributed by atoms with E-state index in [9.17, 15) is 14.7 Å². The predicted molar refractivity (Wildman–Crippen MR) is 95.4 cm³/mol. The molecule has 5 heteroatoms. The van der Waals surface area contributed by atoms with Crippen LogP contribution in [0.5, 0.6) is 5.75 Å². The van der Waals surface area contributed by atoms with E-state index in [0.29, 0.717) is 11.0 Å². The second-order valence-corrected chi connectivity index (χ2v) is 6.58. The van der Waals surface area contributed by atoms with Crippen LogP contribution in [-0.4, -0.2) is 10.9 Å². The zero-order valence-corrected chi connectivity index (χ0v) is 14.5. The normalized spacial score (nSPS) is 12.2. The quantitative estimate of drug-likeness (QED) is 0.675. The number of para-hydroxylation sites is 1. The Labute approximate surface area is 146 Å². The molecule has 1 heterocycles. The average Bonchev–Trinajstić information content (AvgIpc) is 2.53. The fraction of sp³-hybridized carbons (Fsp3) is 0.158. The molecule has 3 rings (SSSR count). The van der Waals surface area contributed by atoms with Crippen molar-refractivity contribution in [2.45, 2.75) is 19.3 Å². The highest BCUT2D eigenvalue weighted by Gasteiger charge is 2.26. The molecule has 0 saturated heterocycles. The summed E-state index contributed by atoms with van der Waals surface area (Å²) in [6.07, 6.45) is 0.104. The predicted octanol–water partition coefficient (Wildman–Crippen LogP) is 4.37. The van der Waals surface area contributed by atoms with Crippen LogP contribution in [-0.2, 0) is 4.79 Å². The number of Topliss-reactive ketones (excluding diaryl/α,β-unsaturated/α-hetero) is 1. The lowest BCUT2D eigenvalue weighted by Gasteiger charge is -2.17. The van der Waals surface area contributed by atoms with Gasteiger partial charge in [-0.1, -0.05) is 40.2 Å². The molecule has 1 N–H and O–H groups in total. The first-order valence-corrected chi connectivity index (χ1v) is 8.26. The van der Waals surface area contributed by atoms with Gasteiger partial charge in [0.25, 0.3) is 0 Å². The van der Waals surface area contributed by atoms with Gasteiger partial charge in [0.2, 0.25) is 0 Å². The highest BCUT2D eigenvalue weighted by atomic mass is 79.9. The van der Waals surface area contributed by atoms with Crippen LogP contribution >= 0.6 is 15.9 Å². The molecule has 0 aliphatic rings. The minimum atomic E-state index is -0.627. The summed E-state index contributed by atoms with van der Waals surface area (Å²) < 4.78 is 6.18. The van der Waals surface area contributed by atoms with Gasteiger partial charge in [-0.05, 0) is 36.8 Å². The van der Waals surface area contributed by atoms with E-state index in [-0.39, 0.29) is 23.5 Å². The molecule has 1 atom stereocenters. The van der Waals surface area contributed by atoms with E-state index >= 15 is 0 Å². The number of fused-ring (bicyclic) bond motifs is 1. The summed E-state index contributed by atoms with van der Waals surface area (Å²) in [5.41, 5.74) is 0.566. The molecule has 0 spiro atoms. The smallest absolute Gasteiger partial charge is 0.343 e. The van der Waals surface area contributed by atoms with Crippen molar-refractivity contribution in [3.63, 3.8) is 0 Å². The SMILES string of the molecule is CC(=O)CC(c1cccc(Br)c1)c1c(O)c2ccccc2oc1=O. The average molecular weight is 387 g/mol. The van der Waals surface area contributed by atoms with Crippen molar-refractivity contribution in [1.82, 2.24) is 0 Å². The van der Waals surface area contributed by atoms with Crippen molar-refractivity contribution in [1.29, 1.82) is 0 Å². The van der Waals surface area contributed by atoms with E-state index in [2.05, 4.69) is 15.9 Å². The van der Waals surface area contributed by atoms with Crippen LogP contribution in [0.25, 0.3) is 11.0 Å². The monoisotopic (exact) mass is 386 g/mol. The van der Waals surface area contributed by atoms with Gasteiger partial charge in [0.15, 0.2) is 0 Å². The van der Waals surface area contributed by atoms with Gasteiger partial charge in [-0.2, -0.15) is 0 Å². The molecule has 0 saturated carbocycles. The second kappa shape index (κ2) is 6.61. The highest BCUT2D eigenvalue weighted by Crippen LogP contribution is 2.36. The molecule has 1 aromatic heterocycles. The fourth-order valence-corrected chi connectivity index (χ4v) is 3.27. The maximum Gasteiger partial charge on any atom is 0.343 e. The van der Waals surface area contributed by atoms with Gasteiger partial charge in [-0.3, -0.25) is 4.79 Å². The van der Waals surface area contributed by atoms with Crippen molar-refractivity contribution in [3.05, 3.63) is 74.6 Å². The summed E-state index contributed by atoms with van der Waals surface area (Å²) in [4.78, 5) is 24.2. The molecule has 0 aliphatic carbocycles. The Hall–Kier alpha value is -2.40. The lowest BCUT2D eigenvalue weighted by atomic mass is 9.87. The summed E-state index contributed by atoms with van der Waals surface area (Å²) in [5.74, 6) is -0.777. The second-order valence-electron chi connectivity index (χ2n) is 5.66. The first kappa shape index (κ1) is 16.5. The van der Waals surface area contributed by atoms with Crippen LogP contribution < -0.4 is 5.63 Å². The molecule has 0 fully saturated rings. The topological polar surface area (TPSA) is 67.5 Å². The number of aromatic hydroxyl groups is 1. The molecule has 0 amide bonds. The lowest BCUT2D eigenvalue weighted by Crippen LogP contribution is -2.16. The first-order chi connectivity index (χ1) is 11.5. The van der Waals surface area contributed by atoms with E-state index in [4.69, 9.17) is 4.42 Å². The number of carbonyl (C=O) groups is 1. The number of hydrogen-bond acceptors (Lipinski definition) is 4. The standard InChI is InChI=1S/C19H15BrO4/c1-11(21)9-15(12-5-4-6-13(20)10-12)17-18(22)14-7-2-3-8-16(14)24-19(17)23/h2-8,10,15,22H,9H2,1H3. The van der Waals surface area contributed by atoms with E-state index < -0.39 is 11.5 Å². The Kier molecular flexibility index (Phi) is 4.53.